The molecule has 0 aromatic carbocycles. The Hall–Kier alpha value is -1.14. The lowest BCUT2D eigenvalue weighted by Crippen LogP contribution is -2.40. The van der Waals surface area contributed by atoms with Crippen LogP contribution in [0.5, 0.6) is 0 Å². The second-order valence-electron chi connectivity index (χ2n) is 5.61. The molecule has 0 amide bonds. The third-order valence-electron chi connectivity index (χ3n) is 4.04. The van der Waals surface area contributed by atoms with Crippen molar-refractivity contribution in [3.63, 3.8) is 0 Å². The molecular weight excluding hydrogens is 286 g/mol. The first-order chi connectivity index (χ1) is 10.0. The quantitative estimate of drug-likeness (QED) is 0.877. The minimum atomic E-state index is -3.55. The van der Waals surface area contributed by atoms with E-state index in [4.69, 9.17) is 0 Å². The predicted molar refractivity (Wildman–Crippen MR) is 84.8 cm³/mol. The molecule has 2 unspecified atom stereocenters. The van der Waals surface area contributed by atoms with Crippen molar-refractivity contribution in [2.75, 3.05) is 11.9 Å². The summed E-state index contributed by atoms with van der Waals surface area (Å²) in [5, 5.41) is 3.33. The van der Waals surface area contributed by atoms with Crippen LogP contribution in [0.1, 0.15) is 46.5 Å². The van der Waals surface area contributed by atoms with Gasteiger partial charge in [0.15, 0.2) is 5.03 Å². The normalized spacial score (nSPS) is 23.4. The molecule has 5 nitrogen and oxygen atoms in total. The average molecular weight is 311 g/mol. The molecule has 0 saturated carbocycles. The van der Waals surface area contributed by atoms with Gasteiger partial charge in [0.2, 0.25) is 0 Å². The van der Waals surface area contributed by atoms with Gasteiger partial charge in [-0.05, 0) is 44.7 Å². The molecule has 0 radical (unpaired) electrons. The molecular formula is C15H25N3O2S. The highest BCUT2D eigenvalue weighted by atomic mass is 32.2. The van der Waals surface area contributed by atoms with Crippen LogP contribution in [0.3, 0.4) is 0 Å². The number of sulfonamides is 1. The molecule has 2 heterocycles. The second kappa shape index (κ2) is 6.75. The third-order valence-corrected chi connectivity index (χ3v) is 6.07. The van der Waals surface area contributed by atoms with Gasteiger partial charge >= 0.3 is 0 Å². The summed E-state index contributed by atoms with van der Waals surface area (Å²) < 4.78 is 27.7. The van der Waals surface area contributed by atoms with E-state index in [0.29, 0.717) is 5.69 Å². The topological polar surface area (TPSA) is 62.3 Å². The summed E-state index contributed by atoms with van der Waals surface area (Å²) in [6, 6.07) is 3.69. The smallest absolute Gasteiger partial charge is 0.263 e. The molecule has 1 N–H and O–H groups in total. The Morgan fingerprint density at radius 3 is 2.81 bits per heavy atom. The van der Waals surface area contributed by atoms with Gasteiger partial charge in [0, 0.05) is 24.8 Å². The van der Waals surface area contributed by atoms with Crippen molar-refractivity contribution >= 4 is 15.7 Å². The molecule has 0 bridgehead atoms. The van der Waals surface area contributed by atoms with Crippen LogP contribution in [-0.2, 0) is 10.0 Å². The lowest BCUT2D eigenvalue weighted by molar-refractivity contribution is 0.327. The van der Waals surface area contributed by atoms with Gasteiger partial charge < -0.3 is 5.32 Å². The minimum Gasteiger partial charge on any atom is -0.383 e. The molecule has 2 atom stereocenters. The van der Waals surface area contributed by atoms with Crippen molar-refractivity contribution in [1.82, 2.24) is 9.29 Å². The van der Waals surface area contributed by atoms with Gasteiger partial charge in [0.25, 0.3) is 10.0 Å². The lowest BCUT2D eigenvalue weighted by atomic mass is 10.2. The Labute approximate surface area is 127 Å². The van der Waals surface area contributed by atoms with Crippen LogP contribution in [0.4, 0.5) is 5.69 Å². The molecule has 0 spiro atoms. The summed E-state index contributed by atoms with van der Waals surface area (Å²) in [7, 11) is -3.55. The summed E-state index contributed by atoms with van der Waals surface area (Å²) in [6.45, 7) is 6.81. The van der Waals surface area contributed by atoms with E-state index in [1.807, 2.05) is 20.8 Å². The monoisotopic (exact) mass is 311 g/mol. The summed E-state index contributed by atoms with van der Waals surface area (Å²) in [6.07, 6.45) is 5.18. The fraction of sp³-hybridized carbons (Fsp3) is 0.667. The number of nitrogens with zero attached hydrogens (tertiary/aromatic N) is 2. The van der Waals surface area contributed by atoms with Crippen LogP contribution in [0.15, 0.2) is 23.4 Å². The number of hydrogen-bond acceptors (Lipinski definition) is 4. The maximum Gasteiger partial charge on any atom is 0.263 e. The fourth-order valence-corrected chi connectivity index (χ4v) is 4.99. The Balaban J connectivity index is 2.39. The van der Waals surface area contributed by atoms with E-state index in [0.717, 1.165) is 32.2 Å². The highest BCUT2D eigenvalue weighted by Gasteiger charge is 2.40. The zero-order valence-electron chi connectivity index (χ0n) is 13.0. The van der Waals surface area contributed by atoms with Crippen LogP contribution in [0.25, 0.3) is 0 Å². The van der Waals surface area contributed by atoms with E-state index >= 15 is 0 Å². The molecule has 1 aromatic heterocycles. The maximum atomic E-state index is 13.0. The van der Waals surface area contributed by atoms with E-state index in [1.165, 1.54) is 0 Å². The third kappa shape index (κ3) is 3.21. The predicted octanol–water partition coefficient (Wildman–Crippen LogP) is 2.86. The molecule has 118 valence electrons. The Morgan fingerprint density at radius 2 is 2.14 bits per heavy atom. The summed E-state index contributed by atoms with van der Waals surface area (Å²) in [5.41, 5.74) is 0.605. The van der Waals surface area contributed by atoms with Crippen LogP contribution >= 0.6 is 0 Å². The highest BCUT2D eigenvalue weighted by Crippen LogP contribution is 2.33. The molecule has 1 aromatic rings. The van der Waals surface area contributed by atoms with E-state index in [-0.39, 0.29) is 17.1 Å². The molecule has 1 saturated heterocycles. The van der Waals surface area contributed by atoms with E-state index in [9.17, 15) is 8.42 Å². The Kier molecular flexibility index (Phi) is 5.22. The second-order valence-corrected chi connectivity index (χ2v) is 7.36. The summed E-state index contributed by atoms with van der Waals surface area (Å²) in [4.78, 5) is 4.16. The van der Waals surface area contributed by atoms with Crippen molar-refractivity contribution in [3.05, 3.63) is 18.3 Å². The largest absolute Gasteiger partial charge is 0.383 e. The Bertz CT molecular complexity index is 574. The van der Waals surface area contributed by atoms with E-state index in [1.54, 1.807) is 22.6 Å². The zero-order valence-corrected chi connectivity index (χ0v) is 13.9. The number of hydrogen-bond donors (Lipinski definition) is 1. The van der Waals surface area contributed by atoms with Gasteiger partial charge in [0.05, 0.1) is 5.69 Å². The molecule has 2 rings (SSSR count). The molecule has 1 fully saturated rings. The lowest BCUT2D eigenvalue weighted by Gasteiger charge is -2.27. The van der Waals surface area contributed by atoms with Crippen molar-refractivity contribution < 1.29 is 8.42 Å². The van der Waals surface area contributed by atoms with Crippen LogP contribution in [-0.4, -0.2) is 36.3 Å². The first-order valence-electron chi connectivity index (χ1n) is 7.74. The molecule has 1 aliphatic rings. The maximum absolute atomic E-state index is 13.0. The van der Waals surface area contributed by atoms with Crippen molar-refractivity contribution in [2.24, 2.45) is 0 Å². The van der Waals surface area contributed by atoms with Gasteiger partial charge in [-0.15, -0.1) is 0 Å². The summed E-state index contributed by atoms with van der Waals surface area (Å²) in [5.74, 6) is 0. The number of pyridine rings is 1. The SMILES string of the molecule is CCCNc1cccnc1S(=O)(=O)N1C(C)CCC1CC. The van der Waals surface area contributed by atoms with E-state index in [2.05, 4.69) is 10.3 Å². The first-order valence-corrected chi connectivity index (χ1v) is 9.18. The van der Waals surface area contributed by atoms with Gasteiger partial charge in [-0.3, -0.25) is 0 Å². The number of rotatable bonds is 6. The van der Waals surface area contributed by atoms with Gasteiger partial charge in [-0.25, -0.2) is 13.4 Å². The number of anilines is 1. The van der Waals surface area contributed by atoms with E-state index < -0.39 is 10.0 Å². The van der Waals surface area contributed by atoms with Crippen molar-refractivity contribution in [3.8, 4) is 0 Å². The van der Waals surface area contributed by atoms with Gasteiger partial charge in [0.1, 0.15) is 0 Å². The van der Waals surface area contributed by atoms with Gasteiger partial charge in [-0.2, -0.15) is 4.31 Å². The minimum absolute atomic E-state index is 0.0426. The van der Waals surface area contributed by atoms with Gasteiger partial charge in [-0.1, -0.05) is 13.8 Å². The molecule has 6 heteroatoms. The van der Waals surface area contributed by atoms with Crippen molar-refractivity contribution in [1.29, 1.82) is 0 Å². The zero-order chi connectivity index (χ0) is 15.5. The molecule has 21 heavy (non-hydrogen) atoms. The fourth-order valence-electron chi connectivity index (χ4n) is 2.96. The summed E-state index contributed by atoms with van der Waals surface area (Å²) >= 11 is 0. The van der Waals surface area contributed by atoms with Crippen LogP contribution in [0.2, 0.25) is 0 Å². The number of aromatic nitrogens is 1. The van der Waals surface area contributed by atoms with Crippen molar-refractivity contribution in [2.45, 2.75) is 63.6 Å². The molecule has 1 aliphatic heterocycles. The first kappa shape index (κ1) is 16.2. The average Bonchev–Trinajstić information content (AvgIpc) is 2.87. The Morgan fingerprint density at radius 1 is 1.38 bits per heavy atom. The van der Waals surface area contributed by atoms with Crippen LogP contribution < -0.4 is 5.32 Å². The number of nitrogens with one attached hydrogen (secondary N) is 1. The van der Waals surface area contributed by atoms with Crippen LogP contribution in [0, 0.1) is 0 Å². The standard InChI is InChI=1S/C15H25N3O2S/c1-4-10-16-14-7-6-11-17-15(14)21(19,20)18-12(3)8-9-13(18)5-2/h6-7,11-13,16H,4-5,8-10H2,1-3H3. The highest BCUT2D eigenvalue weighted by molar-refractivity contribution is 7.89. The molecule has 0 aliphatic carbocycles.